The number of ketones is 1. The number of aromatic amines is 1. The van der Waals surface area contributed by atoms with Gasteiger partial charge in [0.2, 0.25) is 0 Å². The molecule has 1 N–H and O–H groups in total. The Kier molecular flexibility index (Phi) is 3.19. The Labute approximate surface area is 124 Å². The number of carbonyl (C=O) groups is 1. The quantitative estimate of drug-likeness (QED) is 0.452. The number of non-ortho nitro benzene ring substituents is 1. The van der Waals surface area contributed by atoms with Crippen molar-refractivity contribution in [3.05, 3.63) is 74.9 Å². The fourth-order valence-corrected chi connectivity index (χ4v) is 2.38. The average molecular weight is 301 g/mol. The molecule has 0 unspecified atom stereocenters. The number of rotatable bonds is 3. The molecule has 0 aliphatic carbocycles. The van der Waals surface area contributed by atoms with Crippen LogP contribution in [0.1, 0.15) is 15.9 Å². The van der Waals surface area contributed by atoms with Crippen LogP contribution in [0.5, 0.6) is 0 Å². The second kappa shape index (κ2) is 5.03. The lowest BCUT2D eigenvalue weighted by molar-refractivity contribution is -0.383. The number of benzene rings is 2. The summed E-state index contributed by atoms with van der Waals surface area (Å²) in [5.74, 6) is -0.285. The maximum atomic E-state index is 12.5. The van der Waals surface area contributed by atoms with Crippen molar-refractivity contribution in [2.24, 2.45) is 0 Å². The lowest BCUT2D eigenvalue weighted by Gasteiger charge is -2.01. The molecule has 2 aromatic carbocycles. The third-order valence-electron chi connectivity index (χ3n) is 3.23. The summed E-state index contributed by atoms with van der Waals surface area (Å²) >= 11 is 5.80. The maximum absolute atomic E-state index is 12.5. The molecule has 5 nitrogen and oxygen atoms in total. The Morgan fingerprint density at radius 3 is 2.52 bits per heavy atom. The minimum absolute atomic E-state index is 0.0916. The van der Waals surface area contributed by atoms with Gasteiger partial charge < -0.3 is 4.98 Å². The number of nitro benzene ring substituents is 1. The number of nitrogens with zero attached hydrogens (tertiary/aromatic N) is 1. The molecule has 3 aromatic rings. The number of nitro groups is 1. The van der Waals surface area contributed by atoms with Crippen molar-refractivity contribution in [3.8, 4) is 0 Å². The molecule has 3 rings (SSSR count). The van der Waals surface area contributed by atoms with Gasteiger partial charge in [0.25, 0.3) is 5.69 Å². The van der Waals surface area contributed by atoms with Crippen molar-refractivity contribution >= 4 is 34.0 Å². The number of H-pyrrole nitrogens is 1. The number of nitrogens with one attached hydrogen (secondary N) is 1. The molecular weight excluding hydrogens is 292 g/mol. The van der Waals surface area contributed by atoms with Crippen molar-refractivity contribution in [3.63, 3.8) is 0 Å². The Morgan fingerprint density at radius 1 is 1.14 bits per heavy atom. The van der Waals surface area contributed by atoms with Gasteiger partial charge in [0.05, 0.1) is 21.4 Å². The molecule has 0 amide bonds. The molecular formula is C15H9ClN2O3. The van der Waals surface area contributed by atoms with Crippen LogP contribution in [0.3, 0.4) is 0 Å². The highest BCUT2D eigenvalue weighted by molar-refractivity contribution is 6.30. The van der Waals surface area contributed by atoms with Gasteiger partial charge in [-0.2, -0.15) is 0 Å². The van der Waals surface area contributed by atoms with Gasteiger partial charge in [-0.25, -0.2) is 0 Å². The molecule has 21 heavy (non-hydrogen) atoms. The third kappa shape index (κ3) is 2.28. The number of carbonyl (C=O) groups excluding carboxylic acids is 1. The van der Waals surface area contributed by atoms with Gasteiger partial charge in [-0.05, 0) is 30.3 Å². The number of hydrogen-bond acceptors (Lipinski definition) is 3. The fourth-order valence-electron chi connectivity index (χ4n) is 2.25. The zero-order valence-corrected chi connectivity index (χ0v) is 11.4. The first-order chi connectivity index (χ1) is 10.1. The summed E-state index contributed by atoms with van der Waals surface area (Å²) in [4.78, 5) is 26.1. The highest BCUT2D eigenvalue weighted by Gasteiger charge is 2.21. The van der Waals surface area contributed by atoms with Crippen molar-refractivity contribution in [2.75, 3.05) is 0 Å². The number of fused-ring (bicyclic) bond motifs is 1. The zero-order chi connectivity index (χ0) is 15.0. The van der Waals surface area contributed by atoms with E-state index in [4.69, 9.17) is 11.6 Å². The Hall–Kier alpha value is -2.66. The maximum Gasteiger partial charge on any atom is 0.279 e. The molecule has 0 fully saturated rings. The molecule has 0 saturated heterocycles. The molecule has 1 aromatic heterocycles. The van der Waals surface area contributed by atoms with E-state index in [1.165, 1.54) is 12.3 Å². The van der Waals surface area contributed by atoms with E-state index in [1.54, 1.807) is 36.4 Å². The number of halogens is 1. The minimum Gasteiger partial charge on any atom is -0.360 e. The van der Waals surface area contributed by atoms with Crippen molar-refractivity contribution in [1.29, 1.82) is 0 Å². The van der Waals surface area contributed by atoms with E-state index in [-0.39, 0.29) is 17.0 Å². The van der Waals surface area contributed by atoms with Gasteiger partial charge in [-0.15, -0.1) is 0 Å². The first-order valence-corrected chi connectivity index (χ1v) is 6.50. The topological polar surface area (TPSA) is 76.0 Å². The summed E-state index contributed by atoms with van der Waals surface area (Å²) in [6.07, 6.45) is 1.49. The van der Waals surface area contributed by atoms with Gasteiger partial charge in [0, 0.05) is 22.8 Å². The lowest BCUT2D eigenvalue weighted by atomic mass is 10.0. The standard InChI is InChI=1S/C15H9ClN2O3/c16-10-6-4-9(5-7-10)15(19)11-8-17-12-2-1-3-13(14(11)12)18(20)21/h1-8,17H. The van der Waals surface area contributed by atoms with E-state index < -0.39 is 4.92 Å². The van der Waals surface area contributed by atoms with E-state index >= 15 is 0 Å². The molecule has 0 radical (unpaired) electrons. The summed E-state index contributed by atoms with van der Waals surface area (Å²) in [5.41, 5.74) is 1.17. The summed E-state index contributed by atoms with van der Waals surface area (Å²) in [5, 5.41) is 12.0. The van der Waals surface area contributed by atoms with Gasteiger partial charge in [0.15, 0.2) is 5.78 Å². The van der Waals surface area contributed by atoms with Crippen LogP contribution in [0.2, 0.25) is 5.02 Å². The first-order valence-electron chi connectivity index (χ1n) is 6.12. The third-order valence-corrected chi connectivity index (χ3v) is 3.48. The van der Waals surface area contributed by atoms with Crippen molar-refractivity contribution in [2.45, 2.75) is 0 Å². The van der Waals surface area contributed by atoms with Crippen LogP contribution in [0.4, 0.5) is 5.69 Å². The Bertz CT molecular complexity index is 853. The zero-order valence-electron chi connectivity index (χ0n) is 10.7. The number of hydrogen-bond donors (Lipinski definition) is 1. The molecule has 0 aliphatic heterocycles. The molecule has 0 aliphatic rings. The van der Waals surface area contributed by atoms with Crippen LogP contribution in [0.25, 0.3) is 10.9 Å². The predicted molar refractivity (Wildman–Crippen MR) is 79.8 cm³/mol. The van der Waals surface area contributed by atoms with Gasteiger partial charge in [0.1, 0.15) is 0 Å². The summed E-state index contributed by atoms with van der Waals surface area (Å²) < 4.78 is 0. The highest BCUT2D eigenvalue weighted by Crippen LogP contribution is 2.30. The van der Waals surface area contributed by atoms with Crippen LogP contribution in [-0.4, -0.2) is 15.7 Å². The van der Waals surface area contributed by atoms with Crippen LogP contribution in [0, 0.1) is 10.1 Å². The average Bonchev–Trinajstić information content (AvgIpc) is 2.91. The van der Waals surface area contributed by atoms with Gasteiger partial charge >= 0.3 is 0 Å². The summed E-state index contributed by atoms with van der Waals surface area (Å²) in [7, 11) is 0. The summed E-state index contributed by atoms with van der Waals surface area (Å²) in [6, 6.07) is 11.1. The second-order valence-corrected chi connectivity index (χ2v) is 4.93. The monoisotopic (exact) mass is 300 g/mol. The largest absolute Gasteiger partial charge is 0.360 e. The predicted octanol–water partition coefficient (Wildman–Crippen LogP) is 3.96. The van der Waals surface area contributed by atoms with E-state index in [0.717, 1.165) is 0 Å². The second-order valence-electron chi connectivity index (χ2n) is 4.50. The van der Waals surface area contributed by atoms with Crippen LogP contribution >= 0.6 is 11.6 Å². The molecule has 1 heterocycles. The van der Waals surface area contributed by atoms with E-state index in [1.807, 2.05) is 0 Å². The first kappa shape index (κ1) is 13.3. The van der Waals surface area contributed by atoms with E-state index in [2.05, 4.69) is 4.98 Å². The normalized spacial score (nSPS) is 10.7. The van der Waals surface area contributed by atoms with Crippen LogP contribution in [-0.2, 0) is 0 Å². The molecule has 104 valence electrons. The van der Waals surface area contributed by atoms with E-state index in [0.29, 0.717) is 21.5 Å². The van der Waals surface area contributed by atoms with E-state index in [9.17, 15) is 14.9 Å². The Balaban J connectivity index is 2.18. The van der Waals surface area contributed by atoms with Gasteiger partial charge in [-0.3, -0.25) is 14.9 Å². The molecule has 0 bridgehead atoms. The summed E-state index contributed by atoms with van der Waals surface area (Å²) in [6.45, 7) is 0. The smallest absolute Gasteiger partial charge is 0.279 e. The fraction of sp³-hybridized carbons (Fsp3) is 0. The SMILES string of the molecule is O=C(c1ccc(Cl)cc1)c1c[nH]c2cccc([N+](=O)[O-])c12. The molecule has 6 heteroatoms. The van der Waals surface area contributed by atoms with Crippen LogP contribution < -0.4 is 0 Å². The lowest BCUT2D eigenvalue weighted by Crippen LogP contribution is -2.01. The van der Waals surface area contributed by atoms with Gasteiger partial charge in [-0.1, -0.05) is 17.7 Å². The van der Waals surface area contributed by atoms with Crippen molar-refractivity contribution in [1.82, 2.24) is 4.98 Å². The highest BCUT2D eigenvalue weighted by atomic mass is 35.5. The van der Waals surface area contributed by atoms with Crippen LogP contribution in [0.15, 0.2) is 48.7 Å². The number of aromatic nitrogens is 1. The van der Waals surface area contributed by atoms with Crippen molar-refractivity contribution < 1.29 is 9.72 Å². The molecule has 0 atom stereocenters. The molecule has 0 spiro atoms. The molecule has 0 saturated carbocycles. The Morgan fingerprint density at radius 2 is 1.86 bits per heavy atom. The minimum atomic E-state index is -0.491.